The number of hydrogen-bond donors (Lipinski definition) is 3. The van der Waals surface area contributed by atoms with E-state index in [2.05, 4.69) is 10.6 Å². The van der Waals surface area contributed by atoms with Crippen LogP contribution in [0.15, 0.2) is 18.2 Å². The van der Waals surface area contributed by atoms with E-state index >= 15 is 0 Å². The lowest BCUT2D eigenvalue weighted by atomic mass is 10.0. The molecule has 3 N–H and O–H groups in total. The van der Waals surface area contributed by atoms with E-state index in [0.29, 0.717) is 30.9 Å². The maximum Gasteiger partial charge on any atom is 0.319 e. The SMILES string of the molecule is CCC(C)(O)CNC(=O)Nc1ccc(N2CC(C)OC(C)C2)c(F)c1. The maximum atomic E-state index is 14.5. The largest absolute Gasteiger partial charge is 0.388 e. The molecule has 0 bridgehead atoms. The third-order valence-corrected chi connectivity index (χ3v) is 4.36. The Morgan fingerprint density at radius 1 is 1.40 bits per heavy atom. The van der Waals surface area contributed by atoms with Crippen LogP contribution in [0.5, 0.6) is 0 Å². The molecule has 1 aromatic carbocycles. The lowest BCUT2D eigenvalue weighted by Crippen LogP contribution is -2.45. The van der Waals surface area contributed by atoms with Crippen LogP contribution in [-0.2, 0) is 4.74 Å². The Morgan fingerprint density at radius 2 is 2.04 bits per heavy atom. The van der Waals surface area contributed by atoms with Crippen LogP contribution in [0.2, 0.25) is 0 Å². The first kappa shape index (κ1) is 19.5. The summed E-state index contributed by atoms with van der Waals surface area (Å²) in [6, 6.07) is 4.16. The van der Waals surface area contributed by atoms with E-state index in [4.69, 9.17) is 4.74 Å². The highest BCUT2D eigenvalue weighted by Gasteiger charge is 2.24. The van der Waals surface area contributed by atoms with Gasteiger partial charge >= 0.3 is 6.03 Å². The van der Waals surface area contributed by atoms with Crippen molar-refractivity contribution in [2.45, 2.75) is 51.9 Å². The second-order valence-corrected chi connectivity index (χ2v) is 6.99. The van der Waals surface area contributed by atoms with Crippen LogP contribution in [0, 0.1) is 5.82 Å². The van der Waals surface area contributed by atoms with Gasteiger partial charge in [0.05, 0.1) is 23.5 Å². The molecule has 0 radical (unpaired) electrons. The van der Waals surface area contributed by atoms with Gasteiger partial charge in [-0.2, -0.15) is 0 Å². The summed E-state index contributed by atoms with van der Waals surface area (Å²) in [5, 5.41) is 15.1. The smallest absolute Gasteiger partial charge is 0.319 e. The Bertz CT molecular complexity index is 599. The van der Waals surface area contributed by atoms with E-state index in [0.717, 1.165) is 0 Å². The number of anilines is 2. The molecular weight excluding hydrogens is 325 g/mol. The summed E-state index contributed by atoms with van der Waals surface area (Å²) in [5.41, 5.74) is -0.0954. The number of hydrogen-bond acceptors (Lipinski definition) is 4. The third kappa shape index (κ3) is 5.57. The van der Waals surface area contributed by atoms with Gasteiger partial charge in [0.2, 0.25) is 0 Å². The summed E-state index contributed by atoms with van der Waals surface area (Å²) in [6.45, 7) is 8.78. The zero-order valence-electron chi connectivity index (χ0n) is 15.3. The van der Waals surface area contributed by atoms with E-state index < -0.39 is 11.6 Å². The minimum absolute atomic E-state index is 0.0399. The molecule has 25 heavy (non-hydrogen) atoms. The number of aliphatic hydroxyl groups is 1. The quantitative estimate of drug-likeness (QED) is 0.761. The van der Waals surface area contributed by atoms with E-state index in [9.17, 15) is 14.3 Å². The van der Waals surface area contributed by atoms with Crippen molar-refractivity contribution >= 4 is 17.4 Å². The van der Waals surface area contributed by atoms with Crippen molar-refractivity contribution < 1.29 is 19.0 Å². The molecule has 1 heterocycles. The zero-order valence-corrected chi connectivity index (χ0v) is 15.3. The average Bonchev–Trinajstić information content (AvgIpc) is 2.52. The van der Waals surface area contributed by atoms with Crippen LogP contribution >= 0.6 is 0 Å². The van der Waals surface area contributed by atoms with Crippen LogP contribution < -0.4 is 15.5 Å². The molecule has 1 aliphatic rings. The molecule has 1 aromatic rings. The molecule has 2 amide bonds. The predicted octanol–water partition coefficient (Wildman–Crippen LogP) is 2.72. The summed E-state index contributed by atoms with van der Waals surface area (Å²) in [5.74, 6) is -0.389. The zero-order chi connectivity index (χ0) is 18.6. The van der Waals surface area contributed by atoms with Gasteiger partial charge < -0.3 is 25.4 Å². The highest BCUT2D eigenvalue weighted by molar-refractivity contribution is 5.89. The van der Waals surface area contributed by atoms with Gasteiger partial charge in [-0.3, -0.25) is 0 Å². The lowest BCUT2D eigenvalue weighted by molar-refractivity contribution is -0.00539. The summed E-state index contributed by atoms with van der Waals surface area (Å²) < 4.78 is 20.1. The second-order valence-electron chi connectivity index (χ2n) is 6.99. The predicted molar refractivity (Wildman–Crippen MR) is 96.6 cm³/mol. The molecule has 0 saturated carbocycles. The molecule has 3 atom stereocenters. The summed E-state index contributed by atoms with van der Waals surface area (Å²) in [7, 11) is 0. The first-order valence-corrected chi connectivity index (χ1v) is 8.67. The van der Waals surface area contributed by atoms with Gasteiger partial charge in [0, 0.05) is 25.3 Å². The third-order valence-electron chi connectivity index (χ3n) is 4.36. The molecule has 140 valence electrons. The fourth-order valence-electron chi connectivity index (χ4n) is 2.79. The van der Waals surface area contributed by atoms with Crippen molar-refractivity contribution in [2.24, 2.45) is 0 Å². The van der Waals surface area contributed by atoms with Crippen LogP contribution in [0.1, 0.15) is 34.1 Å². The first-order valence-electron chi connectivity index (χ1n) is 8.67. The number of urea groups is 1. The molecule has 7 heteroatoms. The first-order chi connectivity index (χ1) is 11.7. The Hall–Kier alpha value is -1.86. The lowest BCUT2D eigenvalue weighted by Gasteiger charge is -2.37. The molecule has 3 unspecified atom stereocenters. The van der Waals surface area contributed by atoms with Gasteiger partial charge in [-0.15, -0.1) is 0 Å². The van der Waals surface area contributed by atoms with Crippen molar-refractivity contribution in [1.29, 1.82) is 0 Å². The monoisotopic (exact) mass is 353 g/mol. The van der Waals surface area contributed by atoms with E-state index in [1.54, 1.807) is 19.1 Å². The van der Waals surface area contributed by atoms with Gasteiger partial charge in [-0.25, -0.2) is 9.18 Å². The molecular formula is C18H28FN3O3. The topological polar surface area (TPSA) is 73.8 Å². The van der Waals surface area contributed by atoms with Crippen molar-refractivity contribution in [3.63, 3.8) is 0 Å². The Labute approximate surface area is 148 Å². The van der Waals surface area contributed by atoms with Crippen molar-refractivity contribution in [1.82, 2.24) is 5.32 Å². The van der Waals surface area contributed by atoms with Crippen molar-refractivity contribution in [3.8, 4) is 0 Å². The number of amides is 2. The fraction of sp³-hybridized carbons (Fsp3) is 0.611. The molecule has 1 fully saturated rings. The van der Waals surface area contributed by atoms with Gasteiger partial charge in [0.15, 0.2) is 0 Å². The Balaban J connectivity index is 1.98. The number of rotatable bonds is 5. The van der Waals surface area contributed by atoms with Gasteiger partial charge in [0.1, 0.15) is 5.82 Å². The normalized spacial score (nSPS) is 23.0. The molecule has 1 aliphatic heterocycles. The van der Waals surface area contributed by atoms with Crippen LogP contribution in [-0.4, -0.2) is 48.6 Å². The molecule has 1 saturated heterocycles. The minimum Gasteiger partial charge on any atom is -0.388 e. The van der Waals surface area contributed by atoms with Crippen molar-refractivity contribution in [2.75, 3.05) is 29.9 Å². The summed E-state index contributed by atoms with van der Waals surface area (Å²) >= 11 is 0. The van der Waals surface area contributed by atoms with E-state index in [1.807, 2.05) is 25.7 Å². The van der Waals surface area contributed by atoms with Gasteiger partial charge in [-0.1, -0.05) is 6.92 Å². The Morgan fingerprint density at radius 3 is 2.60 bits per heavy atom. The highest BCUT2D eigenvalue weighted by atomic mass is 19.1. The summed E-state index contributed by atoms with van der Waals surface area (Å²) in [6.07, 6.45) is 0.601. The maximum absolute atomic E-state index is 14.5. The van der Waals surface area contributed by atoms with Crippen LogP contribution in [0.4, 0.5) is 20.6 Å². The van der Waals surface area contributed by atoms with Gasteiger partial charge in [0.25, 0.3) is 0 Å². The molecule has 6 nitrogen and oxygen atoms in total. The number of ether oxygens (including phenoxy) is 1. The van der Waals surface area contributed by atoms with E-state index in [1.165, 1.54) is 6.07 Å². The number of benzene rings is 1. The average molecular weight is 353 g/mol. The number of nitrogens with zero attached hydrogens (tertiary/aromatic N) is 1. The summed E-state index contributed by atoms with van der Waals surface area (Å²) in [4.78, 5) is 13.8. The highest BCUT2D eigenvalue weighted by Crippen LogP contribution is 2.26. The molecule has 0 aromatic heterocycles. The van der Waals surface area contributed by atoms with Gasteiger partial charge in [-0.05, 0) is 45.4 Å². The number of morpholine rings is 1. The van der Waals surface area contributed by atoms with Crippen LogP contribution in [0.3, 0.4) is 0 Å². The minimum atomic E-state index is -0.962. The van der Waals surface area contributed by atoms with E-state index in [-0.39, 0.29) is 24.6 Å². The molecule has 2 rings (SSSR count). The number of nitrogens with one attached hydrogen (secondary N) is 2. The van der Waals surface area contributed by atoms with Crippen LogP contribution in [0.25, 0.3) is 0 Å². The number of carbonyl (C=O) groups is 1. The standard InChI is InChI=1S/C18H28FN3O3/c1-5-18(4,24)11-20-17(23)21-14-6-7-16(15(19)8-14)22-9-12(2)25-13(3)10-22/h6-8,12-13,24H,5,9-11H2,1-4H3,(H2,20,21,23). The fourth-order valence-corrected chi connectivity index (χ4v) is 2.79. The number of halogens is 1. The molecule has 0 aliphatic carbocycles. The Kier molecular flexibility index (Phi) is 6.24. The second kappa shape index (κ2) is 8.01. The number of carbonyl (C=O) groups excluding carboxylic acids is 1. The van der Waals surface area contributed by atoms with Crippen molar-refractivity contribution in [3.05, 3.63) is 24.0 Å². The molecule has 0 spiro atoms.